The molecule has 4 nitrogen and oxygen atoms in total. The molecule has 1 heterocycles. The number of likely N-dealkylation sites (tertiary alicyclic amines) is 1. The lowest BCUT2D eigenvalue weighted by molar-refractivity contribution is -0.0209. The first kappa shape index (κ1) is 17.2. The summed E-state index contributed by atoms with van der Waals surface area (Å²) in [7, 11) is 0. The number of benzene rings is 2. The maximum Gasteiger partial charge on any atom is 0.127 e. The molecule has 130 valence electrons. The summed E-state index contributed by atoms with van der Waals surface area (Å²) in [5, 5.41) is 22.8. The Balaban J connectivity index is 1.60. The van der Waals surface area contributed by atoms with Crippen LogP contribution in [0.15, 0.2) is 42.5 Å². The van der Waals surface area contributed by atoms with Crippen LogP contribution < -0.4 is 4.74 Å². The van der Waals surface area contributed by atoms with Gasteiger partial charge in [-0.15, -0.1) is 0 Å². The number of aliphatic hydroxyl groups is 2. The zero-order chi connectivity index (χ0) is 17.2. The van der Waals surface area contributed by atoms with Gasteiger partial charge in [-0.25, -0.2) is 0 Å². The average Bonchev–Trinajstić information content (AvgIpc) is 3.01. The summed E-state index contributed by atoms with van der Waals surface area (Å²) >= 11 is 0. The van der Waals surface area contributed by atoms with Crippen LogP contribution in [0.5, 0.6) is 5.75 Å². The zero-order valence-corrected chi connectivity index (χ0v) is 14.5. The van der Waals surface area contributed by atoms with Crippen LogP contribution >= 0.6 is 0 Å². The molecule has 0 amide bonds. The number of rotatable bonds is 6. The van der Waals surface area contributed by atoms with E-state index in [-0.39, 0.29) is 12.6 Å². The number of β-amino-alcohol motifs (C(OH)–C–C–N with tert-alkyl or cyclic N) is 1. The summed E-state index contributed by atoms with van der Waals surface area (Å²) in [6.07, 6.45) is 1.46. The zero-order valence-electron chi connectivity index (χ0n) is 14.5. The van der Waals surface area contributed by atoms with E-state index in [9.17, 15) is 10.2 Å². The van der Waals surface area contributed by atoms with E-state index in [4.69, 9.17) is 4.74 Å². The number of ether oxygens (including phenoxy) is 1. The highest BCUT2D eigenvalue weighted by atomic mass is 16.5. The summed E-state index contributed by atoms with van der Waals surface area (Å²) in [6.45, 7) is 5.38. The molecule has 1 aliphatic rings. The molecule has 2 atom stereocenters. The van der Waals surface area contributed by atoms with E-state index in [0.29, 0.717) is 6.54 Å². The molecule has 2 N–H and O–H groups in total. The molecule has 0 bridgehead atoms. The minimum absolute atomic E-state index is 0.102. The molecule has 2 aromatic rings. The van der Waals surface area contributed by atoms with Crippen molar-refractivity contribution in [1.29, 1.82) is 0 Å². The largest absolute Gasteiger partial charge is 0.490 e. The fourth-order valence-corrected chi connectivity index (χ4v) is 3.68. The van der Waals surface area contributed by atoms with Gasteiger partial charge < -0.3 is 14.9 Å². The Labute approximate surface area is 143 Å². The Kier molecular flexibility index (Phi) is 5.09. The van der Waals surface area contributed by atoms with Gasteiger partial charge in [0, 0.05) is 18.0 Å². The molecule has 1 fully saturated rings. The summed E-state index contributed by atoms with van der Waals surface area (Å²) < 4.78 is 5.87. The van der Waals surface area contributed by atoms with Crippen LogP contribution in [-0.4, -0.2) is 52.6 Å². The second kappa shape index (κ2) is 7.09. The smallest absolute Gasteiger partial charge is 0.127 e. The van der Waals surface area contributed by atoms with Crippen molar-refractivity contribution in [1.82, 2.24) is 4.90 Å². The third-order valence-electron chi connectivity index (χ3n) is 4.81. The van der Waals surface area contributed by atoms with Crippen LogP contribution in [-0.2, 0) is 0 Å². The first-order valence-electron chi connectivity index (χ1n) is 8.70. The van der Waals surface area contributed by atoms with Gasteiger partial charge in [-0.2, -0.15) is 0 Å². The van der Waals surface area contributed by atoms with Gasteiger partial charge in [0.1, 0.15) is 18.5 Å². The molecule has 2 aromatic carbocycles. The highest BCUT2D eigenvalue weighted by Crippen LogP contribution is 2.27. The maximum atomic E-state index is 10.4. The predicted molar refractivity (Wildman–Crippen MR) is 96.3 cm³/mol. The van der Waals surface area contributed by atoms with Crippen molar-refractivity contribution in [2.45, 2.75) is 44.4 Å². The molecule has 3 rings (SSSR count). The first-order valence-corrected chi connectivity index (χ1v) is 8.70. The van der Waals surface area contributed by atoms with E-state index < -0.39 is 11.7 Å². The Morgan fingerprint density at radius 1 is 1.21 bits per heavy atom. The van der Waals surface area contributed by atoms with Crippen molar-refractivity contribution >= 4 is 10.8 Å². The number of aliphatic hydroxyl groups excluding tert-OH is 1. The molecular formula is C20H27NO3. The Hall–Kier alpha value is -1.62. The summed E-state index contributed by atoms with van der Waals surface area (Å²) in [5.74, 6) is 0.799. The first-order chi connectivity index (χ1) is 11.4. The molecule has 0 saturated carbocycles. The molecule has 4 heteroatoms. The molecular weight excluding hydrogens is 302 g/mol. The lowest BCUT2D eigenvalue weighted by Crippen LogP contribution is -2.48. The third kappa shape index (κ3) is 3.89. The standard InChI is InChI=1S/C20H27NO3/c1-20(2,23)19-11-6-12-21(19)13-16(22)14-24-18-10-5-8-15-7-3-4-9-17(15)18/h3-5,7-10,16,19,22-23H,6,11-14H2,1-2H3. The SMILES string of the molecule is CC(C)(O)C1CCCN1CC(O)COc1cccc2ccccc12. The van der Waals surface area contributed by atoms with Gasteiger partial charge in [-0.05, 0) is 44.7 Å². The quantitative estimate of drug-likeness (QED) is 0.856. The van der Waals surface area contributed by atoms with Gasteiger partial charge in [-0.3, -0.25) is 4.90 Å². The molecule has 1 aliphatic heterocycles. The Bertz CT molecular complexity index is 675. The molecule has 0 radical (unpaired) electrons. The van der Waals surface area contributed by atoms with Crippen LogP contribution in [0.4, 0.5) is 0 Å². The van der Waals surface area contributed by atoms with Crippen molar-refractivity contribution in [3.63, 3.8) is 0 Å². The average molecular weight is 329 g/mol. The molecule has 1 saturated heterocycles. The van der Waals surface area contributed by atoms with Gasteiger partial charge in [0.15, 0.2) is 0 Å². The molecule has 0 spiro atoms. The van der Waals surface area contributed by atoms with Crippen LogP contribution in [0.1, 0.15) is 26.7 Å². The summed E-state index contributed by atoms with van der Waals surface area (Å²) in [6, 6.07) is 14.1. The molecule has 0 aliphatic carbocycles. The predicted octanol–water partition coefficient (Wildman–Crippen LogP) is 2.81. The normalized spacial score (nSPS) is 20.4. The summed E-state index contributed by atoms with van der Waals surface area (Å²) in [4.78, 5) is 2.18. The minimum atomic E-state index is -0.743. The van der Waals surface area contributed by atoms with E-state index in [2.05, 4.69) is 17.0 Å². The van der Waals surface area contributed by atoms with Crippen molar-refractivity contribution in [3.05, 3.63) is 42.5 Å². The Morgan fingerprint density at radius 2 is 1.96 bits per heavy atom. The van der Waals surface area contributed by atoms with Gasteiger partial charge in [-0.1, -0.05) is 36.4 Å². The van der Waals surface area contributed by atoms with Crippen LogP contribution in [0.25, 0.3) is 10.8 Å². The number of hydrogen-bond donors (Lipinski definition) is 2. The second-order valence-electron chi connectivity index (χ2n) is 7.25. The van der Waals surface area contributed by atoms with E-state index >= 15 is 0 Å². The minimum Gasteiger partial charge on any atom is -0.490 e. The number of fused-ring (bicyclic) bond motifs is 1. The number of hydrogen-bond acceptors (Lipinski definition) is 4. The lowest BCUT2D eigenvalue weighted by Gasteiger charge is -2.34. The van der Waals surface area contributed by atoms with Crippen LogP contribution in [0.2, 0.25) is 0 Å². The lowest BCUT2D eigenvalue weighted by atomic mass is 9.96. The Morgan fingerprint density at radius 3 is 2.75 bits per heavy atom. The summed E-state index contributed by atoms with van der Waals surface area (Å²) in [5.41, 5.74) is -0.743. The topological polar surface area (TPSA) is 52.9 Å². The third-order valence-corrected chi connectivity index (χ3v) is 4.81. The maximum absolute atomic E-state index is 10.4. The van der Waals surface area contributed by atoms with Crippen molar-refractivity contribution in [3.8, 4) is 5.75 Å². The van der Waals surface area contributed by atoms with Gasteiger partial charge in [0.2, 0.25) is 0 Å². The highest BCUT2D eigenvalue weighted by Gasteiger charge is 2.36. The van der Waals surface area contributed by atoms with E-state index in [0.717, 1.165) is 35.9 Å². The van der Waals surface area contributed by atoms with Gasteiger partial charge in [0.25, 0.3) is 0 Å². The second-order valence-corrected chi connectivity index (χ2v) is 7.25. The van der Waals surface area contributed by atoms with E-state index in [1.165, 1.54) is 0 Å². The van der Waals surface area contributed by atoms with E-state index in [1.807, 2.05) is 44.2 Å². The van der Waals surface area contributed by atoms with Gasteiger partial charge >= 0.3 is 0 Å². The molecule has 2 unspecified atom stereocenters. The highest BCUT2D eigenvalue weighted by molar-refractivity contribution is 5.88. The van der Waals surface area contributed by atoms with Crippen molar-refractivity contribution < 1.29 is 14.9 Å². The van der Waals surface area contributed by atoms with Crippen LogP contribution in [0, 0.1) is 0 Å². The van der Waals surface area contributed by atoms with Crippen molar-refractivity contribution in [2.24, 2.45) is 0 Å². The van der Waals surface area contributed by atoms with Gasteiger partial charge in [0.05, 0.1) is 5.60 Å². The fraction of sp³-hybridized carbons (Fsp3) is 0.500. The van der Waals surface area contributed by atoms with Crippen LogP contribution in [0.3, 0.4) is 0 Å². The fourth-order valence-electron chi connectivity index (χ4n) is 3.68. The molecule has 0 aromatic heterocycles. The van der Waals surface area contributed by atoms with Crippen molar-refractivity contribution in [2.75, 3.05) is 19.7 Å². The van der Waals surface area contributed by atoms with E-state index in [1.54, 1.807) is 0 Å². The monoisotopic (exact) mass is 329 g/mol. The number of nitrogens with zero attached hydrogens (tertiary/aromatic N) is 1. The molecule has 24 heavy (non-hydrogen) atoms.